The molecule has 2 saturated heterocycles. The van der Waals surface area contributed by atoms with Crippen molar-refractivity contribution < 1.29 is 33.6 Å². The molecule has 53 heavy (non-hydrogen) atoms. The Bertz CT molecular complexity index is 2300. The molecule has 2 atom stereocenters. The second-order valence-electron chi connectivity index (χ2n) is 13.1. The van der Waals surface area contributed by atoms with Crippen LogP contribution in [0.15, 0.2) is 47.4 Å². The molecule has 7 rings (SSSR count). The lowest BCUT2D eigenvalue weighted by atomic mass is 10.0. The number of hydrogen-bond acceptors (Lipinski definition) is 11. The van der Waals surface area contributed by atoms with Gasteiger partial charge in [0.1, 0.15) is 24.5 Å². The quantitative estimate of drug-likeness (QED) is 0.166. The number of carbonyl (C=O) groups excluding carboxylic acids is 7. The Morgan fingerprint density at radius 1 is 0.868 bits per heavy atom. The molecule has 2 unspecified atom stereocenters. The SMILES string of the molecule is Cc1nc2cccc(NC(=O)Cn3cc(CCCC(=O)Nc4cccc5c4CN(C4CCC(=O)NC4=O)C5=O)nn3)c2c(=O)n1C1CCC(=O)NC1=O. The van der Waals surface area contributed by atoms with Gasteiger partial charge in [-0.15, -0.1) is 5.10 Å². The second kappa shape index (κ2) is 14.2. The summed E-state index contributed by atoms with van der Waals surface area (Å²) in [6.07, 6.45) is 3.12. The summed E-state index contributed by atoms with van der Waals surface area (Å²) in [5.41, 5.74) is 2.03. The third kappa shape index (κ3) is 7.02. The van der Waals surface area contributed by atoms with Gasteiger partial charge in [0.25, 0.3) is 11.5 Å². The average Bonchev–Trinajstić information content (AvgIpc) is 3.69. The number of anilines is 2. The maximum atomic E-state index is 13.7. The number of rotatable bonds is 10. The van der Waals surface area contributed by atoms with Crippen LogP contribution in [0.5, 0.6) is 0 Å². The molecular weight excluding hydrogens is 688 g/mol. The van der Waals surface area contributed by atoms with Crippen LogP contribution in [-0.4, -0.2) is 76.8 Å². The van der Waals surface area contributed by atoms with Crippen LogP contribution in [0.2, 0.25) is 0 Å². The van der Waals surface area contributed by atoms with Crippen LogP contribution in [0.4, 0.5) is 11.4 Å². The lowest BCUT2D eigenvalue weighted by molar-refractivity contribution is -0.138. The number of carbonyl (C=O) groups is 7. The zero-order chi connectivity index (χ0) is 37.4. The highest BCUT2D eigenvalue weighted by Crippen LogP contribution is 2.32. The van der Waals surface area contributed by atoms with E-state index in [1.165, 1.54) is 14.1 Å². The largest absolute Gasteiger partial charge is 0.326 e. The monoisotopic (exact) mass is 722 g/mol. The van der Waals surface area contributed by atoms with Gasteiger partial charge in [-0.2, -0.15) is 0 Å². The molecule has 18 nitrogen and oxygen atoms in total. The predicted octanol–water partition coefficient (Wildman–Crippen LogP) is 0.635. The first kappa shape index (κ1) is 34.8. The van der Waals surface area contributed by atoms with Gasteiger partial charge in [-0.05, 0) is 56.9 Å². The minimum atomic E-state index is -0.914. The summed E-state index contributed by atoms with van der Waals surface area (Å²) in [5, 5.41) is 18.4. The normalized spacial score (nSPS) is 18.5. The molecule has 0 radical (unpaired) electrons. The smallest absolute Gasteiger partial charge is 0.264 e. The zero-order valence-corrected chi connectivity index (χ0v) is 28.5. The van der Waals surface area contributed by atoms with E-state index in [-0.39, 0.29) is 74.0 Å². The van der Waals surface area contributed by atoms with Crippen molar-refractivity contribution in [2.75, 3.05) is 10.6 Å². The fourth-order valence-corrected chi connectivity index (χ4v) is 6.97. The molecule has 0 saturated carbocycles. The molecule has 0 spiro atoms. The second-order valence-corrected chi connectivity index (χ2v) is 13.1. The first-order valence-corrected chi connectivity index (χ1v) is 17.1. The number of aromatic nitrogens is 5. The minimum absolute atomic E-state index is 0.0822. The molecule has 0 bridgehead atoms. The maximum absolute atomic E-state index is 13.7. The van der Waals surface area contributed by atoms with Crippen molar-refractivity contribution >= 4 is 63.6 Å². The van der Waals surface area contributed by atoms with Crippen molar-refractivity contribution in [1.29, 1.82) is 0 Å². The van der Waals surface area contributed by atoms with E-state index in [0.717, 1.165) is 0 Å². The highest BCUT2D eigenvalue weighted by atomic mass is 16.2. The number of benzene rings is 2. The van der Waals surface area contributed by atoms with E-state index >= 15 is 0 Å². The van der Waals surface area contributed by atoms with Crippen LogP contribution in [-0.2, 0) is 48.3 Å². The van der Waals surface area contributed by atoms with Crippen molar-refractivity contribution in [2.45, 2.75) is 77.0 Å². The van der Waals surface area contributed by atoms with Crippen molar-refractivity contribution in [3.8, 4) is 0 Å². The van der Waals surface area contributed by atoms with Gasteiger partial charge in [0.15, 0.2) is 0 Å². The number of hydrogen-bond donors (Lipinski definition) is 4. The molecule has 2 aromatic carbocycles. The topological polar surface area (TPSA) is 236 Å². The average molecular weight is 723 g/mol. The van der Waals surface area contributed by atoms with Crippen LogP contribution in [0.25, 0.3) is 10.9 Å². The molecule has 3 aliphatic heterocycles. The molecule has 0 aliphatic carbocycles. The number of amides is 7. The zero-order valence-electron chi connectivity index (χ0n) is 28.5. The molecule has 4 N–H and O–H groups in total. The maximum Gasteiger partial charge on any atom is 0.264 e. The summed E-state index contributed by atoms with van der Waals surface area (Å²) in [6, 6.07) is 8.14. The van der Waals surface area contributed by atoms with E-state index in [1.54, 1.807) is 49.5 Å². The van der Waals surface area contributed by atoms with Gasteiger partial charge in [0.05, 0.1) is 22.3 Å². The van der Waals surface area contributed by atoms with Crippen LogP contribution in [0.3, 0.4) is 0 Å². The van der Waals surface area contributed by atoms with Gasteiger partial charge in [-0.3, -0.25) is 53.6 Å². The fourth-order valence-electron chi connectivity index (χ4n) is 6.97. The Labute approximate surface area is 300 Å². The van der Waals surface area contributed by atoms with Gasteiger partial charge in [0, 0.05) is 48.8 Å². The number of nitrogens with one attached hydrogen (secondary N) is 4. The van der Waals surface area contributed by atoms with E-state index in [1.807, 2.05) is 0 Å². The molecule has 7 amide bonds. The van der Waals surface area contributed by atoms with Crippen molar-refractivity contribution in [2.24, 2.45) is 0 Å². The van der Waals surface area contributed by atoms with E-state index in [9.17, 15) is 38.4 Å². The number of aryl methyl sites for hydroxylation is 2. The summed E-state index contributed by atoms with van der Waals surface area (Å²) in [7, 11) is 0. The first-order chi connectivity index (χ1) is 25.5. The van der Waals surface area contributed by atoms with Crippen LogP contribution >= 0.6 is 0 Å². The number of imide groups is 2. The number of nitrogens with zero attached hydrogens (tertiary/aromatic N) is 6. The van der Waals surface area contributed by atoms with Gasteiger partial charge in [-0.25, -0.2) is 9.67 Å². The fraction of sp³-hybridized carbons (Fsp3) is 0.343. The van der Waals surface area contributed by atoms with E-state index < -0.39 is 41.3 Å². The Kier molecular flexibility index (Phi) is 9.34. The Morgan fingerprint density at radius 2 is 1.55 bits per heavy atom. The van der Waals surface area contributed by atoms with Crippen LogP contribution in [0.1, 0.15) is 72.0 Å². The molecule has 18 heteroatoms. The summed E-state index contributed by atoms with van der Waals surface area (Å²) < 4.78 is 2.58. The Balaban J connectivity index is 0.938. The number of fused-ring (bicyclic) bond motifs is 2. The van der Waals surface area contributed by atoms with Crippen LogP contribution < -0.4 is 26.8 Å². The molecule has 272 valence electrons. The van der Waals surface area contributed by atoms with Gasteiger partial charge in [0.2, 0.25) is 35.4 Å². The van der Waals surface area contributed by atoms with E-state index in [4.69, 9.17) is 0 Å². The van der Waals surface area contributed by atoms with Gasteiger partial charge < -0.3 is 15.5 Å². The van der Waals surface area contributed by atoms with Gasteiger partial charge >= 0.3 is 0 Å². The third-order valence-electron chi connectivity index (χ3n) is 9.49. The third-order valence-corrected chi connectivity index (χ3v) is 9.49. The Hall–Kier alpha value is -6.59. The lowest BCUT2D eigenvalue weighted by Gasteiger charge is -2.29. The minimum Gasteiger partial charge on any atom is -0.326 e. The van der Waals surface area contributed by atoms with Crippen molar-refractivity contribution in [3.63, 3.8) is 0 Å². The van der Waals surface area contributed by atoms with Crippen molar-refractivity contribution in [3.05, 3.63) is 75.6 Å². The Morgan fingerprint density at radius 3 is 2.28 bits per heavy atom. The summed E-state index contributed by atoms with van der Waals surface area (Å²) in [6.45, 7) is 1.51. The van der Waals surface area contributed by atoms with Gasteiger partial charge in [-0.1, -0.05) is 17.3 Å². The molecule has 2 aromatic heterocycles. The first-order valence-electron chi connectivity index (χ1n) is 17.1. The summed E-state index contributed by atoms with van der Waals surface area (Å²) >= 11 is 0. The molecular formula is C35H34N10O8. The molecule has 2 fully saturated rings. The van der Waals surface area contributed by atoms with Crippen molar-refractivity contribution in [1.82, 2.24) is 40.1 Å². The summed E-state index contributed by atoms with van der Waals surface area (Å²) in [4.78, 5) is 107. The lowest BCUT2D eigenvalue weighted by Crippen LogP contribution is -2.52. The highest BCUT2D eigenvalue weighted by molar-refractivity contribution is 6.07. The predicted molar refractivity (Wildman–Crippen MR) is 185 cm³/mol. The number of piperidine rings is 2. The van der Waals surface area contributed by atoms with Crippen LogP contribution in [0, 0.1) is 6.92 Å². The molecule has 4 aromatic rings. The molecule has 3 aliphatic rings. The van der Waals surface area contributed by atoms with E-state index in [0.29, 0.717) is 46.7 Å². The highest BCUT2D eigenvalue weighted by Gasteiger charge is 2.40. The standard InChI is InChI=1S/C35H34N10O8/c1-18-36-23-8-4-9-24(31(23)35(53)45(18)26-12-14-29(48)40-33(26)51)38-30(49)17-43-15-19(41-42-43)5-2-10-27(46)37-22-7-3-6-20-21(22)16-44(34(20)52)25-11-13-28(47)39-32(25)50/h3-4,6-9,15,25-26H,2,5,10-14,16-17H2,1H3,(H,37,46)(H,38,49)(H,39,47,50)(H,40,48,51). The molecule has 5 heterocycles. The van der Waals surface area contributed by atoms with E-state index in [2.05, 4.69) is 36.6 Å². The summed E-state index contributed by atoms with van der Waals surface area (Å²) in [5.74, 6) is -2.69.